The molecule has 0 unspecified atom stereocenters. The van der Waals surface area contributed by atoms with Gasteiger partial charge in [0.1, 0.15) is 12.3 Å². The number of hydrogen-bond donors (Lipinski definition) is 0. The van der Waals surface area contributed by atoms with Gasteiger partial charge in [-0.2, -0.15) is 0 Å². The Labute approximate surface area is 155 Å². The van der Waals surface area contributed by atoms with Crippen molar-refractivity contribution in [2.75, 3.05) is 29.5 Å². The van der Waals surface area contributed by atoms with Crippen molar-refractivity contribution in [3.05, 3.63) is 71.3 Å². The van der Waals surface area contributed by atoms with Crippen molar-refractivity contribution in [1.29, 1.82) is 0 Å². The number of nitro benzene ring substituents is 1. The summed E-state index contributed by atoms with van der Waals surface area (Å²) in [5.41, 5.74) is 0.693. The zero-order chi connectivity index (χ0) is 19.4. The highest BCUT2D eigenvalue weighted by Crippen LogP contribution is 2.35. The lowest BCUT2D eigenvalue weighted by Crippen LogP contribution is -2.46. The second-order valence-corrected chi connectivity index (χ2v) is 5.81. The average molecular weight is 367 g/mol. The molecule has 0 radical (unpaired) electrons. The first-order valence-electron chi connectivity index (χ1n) is 8.19. The molecule has 138 valence electrons. The minimum absolute atomic E-state index is 0.185. The number of para-hydroxylation sites is 1. The van der Waals surface area contributed by atoms with Crippen LogP contribution >= 0.6 is 0 Å². The monoisotopic (exact) mass is 367 g/mol. The fourth-order valence-electron chi connectivity index (χ4n) is 2.79. The first kappa shape index (κ1) is 18.1. The van der Waals surface area contributed by atoms with Gasteiger partial charge in [0.05, 0.1) is 10.6 Å². The number of nitro groups is 1. The predicted molar refractivity (Wildman–Crippen MR) is 99.9 cm³/mol. The summed E-state index contributed by atoms with van der Waals surface area (Å²) in [4.78, 5) is 38.4. The molecule has 2 aromatic carbocycles. The summed E-state index contributed by atoms with van der Waals surface area (Å²) in [5.74, 6) is -0.459. The lowest BCUT2D eigenvalue weighted by Gasteiger charge is -2.31. The van der Waals surface area contributed by atoms with Crippen LogP contribution in [0.25, 0.3) is 0 Å². The summed E-state index contributed by atoms with van der Waals surface area (Å²) in [6.45, 7) is 3.44. The van der Waals surface area contributed by atoms with E-state index in [0.717, 1.165) is 0 Å². The van der Waals surface area contributed by atoms with Gasteiger partial charge in [-0.05, 0) is 18.2 Å². The Morgan fingerprint density at radius 1 is 1.30 bits per heavy atom. The highest BCUT2D eigenvalue weighted by atomic mass is 16.6. The zero-order valence-electron chi connectivity index (χ0n) is 14.4. The molecule has 0 atom stereocenters. The summed E-state index contributed by atoms with van der Waals surface area (Å²) in [5, 5.41) is 11.1. The van der Waals surface area contributed by atoms with Crippen LogP contribution in [0, 0.1) is 10.1 Å². The summed E-state index contributed by atoms with van der Waals surface area (Å²) in [6.07, 6.45) is 1.59. The summed E-state index contributed by atoms with van der Waals surface area (Å²) < 4.78 is 5.32. The first-order valence-corrected chi connectivity index (χ1v) is 8.19. The van der Waals surface area contributed by atoms with Crippen LogP contribution < -0.4 is 14.5 Å². The number of hydrogen-bond acceptors (Lipinski definition) is 5. The van der Waals surface area contributed by atoms with Crippen molar-refractivity contribution in [3.63, 3.8) is 0 Å². The first-order chi connectivity index (χ1) is 13.0. The van der Waals surface area contributed by atoms with E-state index in [4.69, 9.17) is 4.74 Å². The number of carbonyl (C=O) groups is 2. The molecule has 2 amide bonds. The molecule has 0 fully saturated rings. The van der Waals surface area contributed by atoms with Crippen LogP contribution in [0.5, 0.6) is 5.75 Å². The van der Waals surface area contributed by atoms with Gasteiger partial charge in [0.2, 0.25) is 5.91 Å². The molecule has 0 aliphatic carbocycles. The molecule has 3 rings (SSSR count). The van der Waals surface area contributed by atoms with Crippen molar-refractivity contribution in [2.45, 2.75) is 0 Å². The van der Waals surface area contributed by atoms with Crippen molar-refractivity contribution in [1.82, 2.24) is 0 Å². The van der Waals surface area contributed by atoms with Crippen LogP contribution in [0.4, 0.5) is 17.1 Å². The minimum atomic E-state index is -0.562. The molecule has 8 nitrogen and oxygen atoms in total. The molecule has 0 N–H and O–H groups in total. The molecular weight excluding hydrogens is 350 g/mol. The number of nitrogens with zero attached hydrogens (tertiary/aromatic N) is 3. The van der Waals surface area contributed by atoms with Crippen molar-refractivity contribution in [2.24, 2.45) is 0 Å². The third-order valence-corrected chi connectivity index (χ3v) is 4.07. The molecule has 1 aliphatic heterocycles. The van der Waals surface area contributed by atoms with Gasteiger partial charge in [0.25, 0.3) is 11.6 Å². The summed E-state index contributed by atoms with van der Waals surface area (Å²) in [6, 6.07) is 13.0. The van der Waals surface area contributed by atoms with Crippen LogP contribution in [0.2, 0.25) is 0 Å². The SMILES string of the molecule is C=CCN(C(=O)CN1C(=O)COc2ccc([N+](=O)[O-])cc21)c1ccccc1. The van der Waals surface area contributed by atoms with Crippen molar-refractivity contribution < 1.29 is 19.2 Å². The number of ether oxygens (including phenoxy) is 1. The number of fused-ring (bicyclic) bond motifs is 1. The third-order valence-electron chi connectivity index (χ3n) is 4.07. The van der Waals surface area contributed by atoms with Crippen molar-refractivity contribution in [3.8, 4) is 5.75 Å². The summed E-state index contributed by atoms with van der Waals surface area (Å²) >= 11 is 0. The van der Waals surface area contributed by atoms with E-state index in [0.29, 0.717) is 11.4 Å². The molecule has 27 heavy (non-hydrogen) atoms. The van der Waals surface area contributed by atoms with Gasteiger partial charge < -0.3 is 9.64 Å². The van der Waals surface area contributed by atoms with Crippen LogP contribution in [0.15, 0.2) is 61.2 Å². The molecule has 0 aromatic heterocycles. The molecule has 1 aliphatic rings. The second-order valence-electron chi connectivity index (χ2n) is 5.81. The molecule has 0 saturated heterocycles. The van der Waals surface area contributed by atoms with E-state index in [1.54, 1.807) is 30.3 Å². The van der Waals surface area contributed by atoms with Gasteiger partial charge in [-0.3, -0.25) is 24.6 Å². The molecule has 2 aromatic rings. The highest BCUT2D eigenvalue weighted by molar-refractivity contribution is 6.06. The molecule has 0 bridgehead atoms. The van der Waals surface area contributed by atoms with Crippen molar-refractivity contribution >= 4 is 28.9 Å². The number of rotatable bonds is 6. The lowest BCUT2D eigenvalue weighted by atomic mass is 10.2. The van der Waals surface area contributed by atoms with Gasteiger partial charge >= 0.3 is 0 Å². The maximum Gasteiger partial charge on any atom is 0.271 e. The van der Waals surface area contributed by atoms with Gasteiger partial charge in [0.15, 0.2) is 6.61 Å². The molecule has 8 heteroatoms. The van der Waals surface area contributed by atoms with E-state index in [-0.39, 0.29) is 37.0 Å². The van der Waals surface area contributed by atoms with E-state index in [1.165, 1.54) is 28.0 Å². The average Bonchev–Trinajstić information content (AvgIpc) is 2.68. The molecule has 0 spiro atoms. The smallest absolute Gasteiger partial charge is 0.271 e. The molecule has 0 saturated carbocycles. The van der Waals surface area contributed by atoms with E-state index in [2.05, 4.69) is 6.58 Å². The number of amides is 2. The normalized spacial score (nSPS) is 12.7. The number of benzene rings is 2. The van der Waals surface area contributed by atoms with Gasteiger partial charge in [-0.15, -0.1) is 6.58 Å². The standard InChI is InChI=1S/C19H17N3O5/c1-2-10-20(14-6-4-3-5-7-14)18(23)12-21-16-11-15(22(25)26)8-9-17(16)27-13-19(21)24/h2-9,11H,1,10,12-13H2. The Hall–Kier alpha value is -3.68. The quantitative estimate of drug-likeness (QED) is 0.444. The zero-order valence-corrected chi connectivity index (χ0v) is 14.4. The van der Waals surface area contributed by atoms with Crippen LogP contribution in [0.1, 0.15) is 0 Å². The van der Waals surface area contributed by atoms with E-state index >= 15 is 0 Å². The highest BCUT2D eigenvalue weighted by Gasteiger charge is 2.30. The predicted octanol–water partition coefficient (Wildman–Crippen LogP) is 2.54. The minimum Gasteiger partial charge on any atom is -0.482 e. The maximum atomic E-state index is 12.9. The van der Waals surface area contributed by atoms with E-state index < -0.39 is 10.8 Å². The van der Waals surface area contributed by atoms with Crippen LogP contribution in [0.3, 0.4) is 0 Å². The topological polar surface area (TPSA) is 93.0 Å². The fraction of sp³-hybridized carbons (Fsp3) is 0.158. The van der Waals surface area contributed by atoms with E-state index in [1.807, 2.05) is 6.07 Å². The fourth-order valence-corrected chi connectivity index (χ4v) is 2.79. The molecular formula is C19H17N3O5. The Morgan fingerprint density at radius 2 is 2.04 bits per heavy atom. The number of anilines is 2. The second kappa shape index (κ2) is 7.69. The Kier molecular flexibility index (Phi) is 5.16. The van der Waals surface area contributed by atoms with Gasteiger partial charge in [-0.25, -0.2) is 0 Å². The van der Waals surface area contributed by atoms with Crippen LogP contribution in [-0.4, -0.2) is 36.4 Å². The Bertz CT molecular complexity index is 897. The Morgan fingerprint density at radius 3 is 2.70 bits per heavy atom. The number of carbonyl (C=O) groups excluding carboxylic acids is 2. The van der Waals surface area contributed by atoms with E-state index in [9.17, 15) is 19.7 Å². The van der Waals surface area contributed by atoms with Gasteiger partial charge in [0, 0.05) is 24.4 Å². The largest absolute Gasteiger partial charge is 0.482 e. The number of non-ortho nitro benzene ring substituents is 1. The van der Waals surface area contributed by atoms with Gasteiger partial charge in [-0.1, -0.05) is 24.3 Å². The molecule has 1 heterocycles. The Balaban J connectivity index is 1.91. The third kappa shape index (κ3) is 3.79. The maximum absolute atomic E-state index is 12.9. The summed E-state index contributed by atoms with van der Waals surface area (Å²) in [7, 11) is 0. The lowest BCUT2D eigenvalue weighted by molar-refractivity contribution is -0.384. The van der Waals surface area contributed by atoms with Crippen LogP contribution in [-0.2, 0) is 9.59 Å².